The van der Waals surface area contributed by atoms with Crippen molar-refractivity contribution in [2.45, 2.75) is 58.4 Å². The fourth-order valence-electron chi connectivity index (χ4n) is 3.83. The second kappa shape index (κ2) is 7.14. The second-order valence-corrected chi connectivity index (χ2v) is 6.75. The van der Waals surface area contributed by atoms with E-state index in [1.54, 1.807) is 0 Å². The SMILES string of the molecule is CC[C@H](C)[C@H](NC(N)=O)C(=O)N1CC[C@H]2CCCC[C@H]2C1. The molecule has 0 aromatic rings. The number of carbonyl (C=O) groups excluding carboxylic acids is 2. The van der Waals surface area contributed by atoms with E-state index in [0.29, 0.717) is 5.92 Å². The van der Waals surface area contributed by atoms with Crippen LogP contribution in [-0.2, 0) is 4.79 Å². The van der Waals surface area contributed by atoms with Crippen molar-refractivity contribution in [2.75, 3.05) is 13.1 Å². The Labute approximate surface area is 127 Å². The van der Waals surface area contributed by atoms with Crippen LogP contribution in [0.2, 0.25) is 0 Å². The Bertz CT molecular complexity index is 386. The van der Waals surface area contributed by atoms with Gasteiger partial charge < -0.3 is 16.0 Å². The molecule has 0 aromatic carbocycles. The van der Waals surface area contributed by atoms with Crippen molar-refractivity contribution in [1.82, 2.24) is 10.2 Å². The van der Waals surface area contributed by atoms with E-state index in [0.717, 1.165) is 31.8 Å². The average Bonchev–Trinajstić information content (AvgIpc) is 2.50. The molecule has 4 atom stereocenters. The van der Waals surface area contributed by atoms with Crippen molar-refractivity contribution < 1.29 is 9.59 Å². The summed E-state index contributed by atoms with van der Waals surface area (Å²) in [5.74, 6) is 1.61. The van der Waals surface area contributed by atoms with Gasteiger partial charge >= 0.3 is 6.03 Å². The lowest BCUT2D eigenvalue weighted by Crippen LogP contribution is -2.56. The molecule has 3 amide bonds. The van der Waals surface area contributed by atoms with Gasteiger partial charge in [0.05, 0.1) is 0 Å². The van der Waals surface area contributed by atoms with Gasteiger partial charge in [-0.25, -0.2) is 4.79 Å². The molecule has 21 heavy (non-hydrogen) atoms. The van der Waals surface area contributed by atoms with Gasteiger partial charge in [-0.05, 0) is 30.6 Å². The van der Waals surface area contributed by atoms with Crippen molar-refractivity contribution in [2.24, 2.45) is 23.5 Å². The molecule has 0 spiro atoms. The third-order valence-corrected chi connectivity index (χ3v) is 5.38. The summed E-state index contributed by atoms with van der Waals surface area (Å²) in [6, 6.07) is -1.09. The molecular weight excluding hydrogens is 266 g/mol. The molecule has 0 bridgehead atoms. The number of piperidine rings is 1. The van der Waals surface area contributed by atoms with E-state index in [-0.39, 0.29) is 11.8 Å². The molecule has 5 nitrogen and oxygen atoms in total. The van der Waals surface area contributed by atoms with Gasteiger partial charge in [-0.2, -0.15) is 0 Å². The molecule has 3 N–H and O–H groups in total. The standard InChI is InChI=1S/C16H29N3O2/c1-3-11(2)14(18-16(17)21)15(20)19-9-8-12-6-4-5-7-13(12)10-19/h11-14H,3-10H2,1-2H3,(H3,17,18,21)/t11-,12+,13-,14-/m0/s1. The molecular formula is C16H29N3O2. The minimum atomic E-state index is -0.610. The molecule has 1 saturated heterocycles. The highest BCUT2D eigenvalue weighted by Gasteiger charge is 2.36. The highest BCUT2D eigenvalue weighted by molar-refractivity contribution is 5.87. The number of amides is 3. The Balaban J connectivity index is 2.01. The molecule has 2 fully saturated rings. The minimum absolute atomic E-state index is 0.0483. The molecule has 0 aromatic heterocycles. The van der Waals surface area contributed by atoms with E-state index in [4.69, 9.17) is 5.73 Å². The first kappa shape index (κ1) is 16.1. The highest BCUT2D eigenvalue weighted by Crippen LogP contribution is 2.36. The summed E-state index contributed by atoms with van der Waals surface area (Å²) in [6.07, 6.45) is 7.15. The number of fused-ring (bicyclic) bond motifs is 1. The number of urea groups is 1. The number of likely N-dealkylation sites (tertiary alicyclic amines) is 1. The molecule has 0 unspecified atom stereocenters. The number of nitrogens with zero attached hydrogens (tertiary/aromatic N) is 1. The van der Waals surface area contributed by atoms with E-state index in [9.17, 15) is 9.59 Å². The van der Waals surface area contributed by atoms with Crippen LogP contribution in [-0.4, -0.2) is 36.0 Å². The van der Waals surface area contributed by atoms with Gasteiger partial charge in [0.15, 0.2) is 0 Å². The molecule has 0 radical (unpaired) electrons. The maximum atomic E-state index is 12.8. The van der Waals surface area contributed by atoms with Crippen LogP contribution in [0.25, 0.3) is 0 Å². The zero-order valence-corrected chi connectivity index (χ0v) is 13.3. The highest BCUT2D eigenvalue weighted by atomic mass is 16.2. The Morgan fingerprint density at radius 3 is 2.52 bits per heavy atom. The zero-order valence-electron chi connectivity index (χ0n) is 13.3. The number of hydrogen-bond donors (Lipinski definition) is 2. The summed E-state index contributed by atoms with van der Waals surface area (Å²) in [6.45, 7) is 5.71. The monoisotopic (exact) mass is 295 g/mol. The summed E-state index contributed by atoms with van der Waals surface area (Å²) < 4.78 is 0. The molecule has 1 heterocycles. The topological polar surface area (TPSA) is 75.4 Å². The molecule has 2 aliphatic rings. The van der Waals surface area contributed by atoms with Crippen molar-refractivity contribution in [3.8, 4) is 0 Å². The van der Waals surface area contributed by atoms with Crippen LogP contribution in [0.3, 0.4) is 0 Å². The van der Waals surface area contributed by atoms with Crippen LogP contribution >= 0.6 is 0 Å². The van der Waals surface area contributed by atoms with E-state index in [2.05, 4.69) is 5.32 Å². The Kier molecular flexibility index (Phi) is 5.48. The predicted molar refractivity (Wildman–Crippen MR) is 82.6 cm³/mol. The van der Waals surface area contributed by atoms with Crippen molar-refractivity contribution >= 4 is 11.9 Å². The first-order valence-corrected chi connectivity index (χ1v) is 8.37. The third kappa shape index (κ3) is 3.89. The smallest absolute Gasteiger partial charge is 0.312 e. The molecule has 2 rings (SSSR count). The van der Waals surface area contributed by atoms with Crippen molar-refractivity contribution in [3.63, 3.8) is 0 Å². The van der Waals surface area contributed by atoms with Crippen LogP contribution in [0.4, 0.5) is 4.79 Å². The molecule has 1 aliphatic heterocycles. The second-order valence-electron chi connectivity index (χ2n) is 6.75. The lowest BCUT2D eigenvalue weighted by molar-refractivity contribution is -0.137. The quantitative estimate of drug-likeness (QED) is 0.833. The molecule has 5 heteroatoms. The van der Waals surface area contributed by atoms with Crippen LogP contribution < -0.4 is 11.1 Å². The van der Waals surface area contributed by atoms with E-state index in [1.807, 2.05) is 18.7 Å². The fourth-order valence-corrected chi connectivity index (χ4v) is 3.83. The largest absolute Gasteiger partial charge is 0.352 e. The third-order valence-electron chi connectivity index (χ3n) is 5.38. The summed E-state index contributed by atoms with van der Waals surface area (Å²) in [4.78, 5) is 25.9. The van der Waals surface area contributed by atoms with Gasteiger partial charge in [-0.1, -0.05) is 39.5 Å². The zero-order chi connectivity index (χ0) is 15.4. The van der Waals surface area contributed by atoms with Gasteiger partial charge in [0.2, 0.25) is 5.91 Å². The van der Waals surface area contributed by atoms with Crippen molar-refractivity contribution in [3.05, 3.63) is 0 Å². The van der Waals surface area contributed by atoms with E-state index < -0.39 is 12.1 Å². The summed E-state index contributed by atoms with van der Waals surface area (Å²) in [5.41, 5.74) is 5.24. The normalized spacial score (nSPS) is 28.4. The maximum absolute atomic E-state index is 12.8. The van der Waals surface area contributed by atoms with Crippen LogP contribution in [0.1, 0.15) is 52.4 Å². The van der Waals surface area contributed by atoms with E-state index >= 15 is 0 Å². The summed E-state index contributed by atoms with van der Waals surface area (Å²) >= 11 is 0. The van der Waals surface area contributed by atoms with Gasteiger partial charge in [-0.15, -0.1) is 0 Å². The van der Waals surface area contributed by atoms with Gasteiger partial charge in [-0.3, -0.25) is 4.79 Å². The number of nitrogens with one attached hydrogen (secondary N) is 1. The van der Waals surface area contributed by atoms with Gasteiger partial charge in [0, 0.05) is 13.1 Å². The average molecular weight is 295 g/mol. The lowest BCUT2D eigenvalue weighted by atomic mass is 9.75. The van der Waals surface area contributed by atoms with Gasteiger partial charge in [0.1, 0.15) is 6.04 Å². The summed E-state index contributed by atoms with van der Waals surface area (Å²) in [7, 11) is 0. The van der Waals surface area contributed by atoms with Crippen molar-refractivity contribution in [1.29, 1.82) is 0 Å². The van der Waals surface area contributed by atoms with Crippen LogP contribution in [0.5, 0.6) is 0 Å². The predicted octanol–water partition coefficient (Wildman–Crippen LogP) is 2.11. The number of nitrogens with two attached hydrogens (primary N) is 1. The number of hydrogen-bond acceptors (Lipinski definition) is 2. The first-order chi connectivity index (χ1) is 10.0. The maximum Gasteiger partial charge on any atom is 0.312 e. The van der Waals surface area contributed by atoms with Gasteiger partial charge in [0.25, 0.3) is 0 Å². The Hall–Kier alpha value is -1.26. The first-order valence-electron chi connectivity index (χ1n) is 8.37. The Morgan fingerprint density at radius 1 is 1.24 bits per heavy atom. The van der Waals surface area contributed by atoms with Crippen LogP contribution in [0.15, 0.2) is 0 Å². The van der Waals surface area contributed by atoms with E-state index in [1.165, 1.54) is 25.7 Å². The fraction of sp³-hybridized carbons (Fsp3) is 0.875. The lowest BCUT2D eigenvalue weighted by Gasteiger charge is -2.42. The minimum Gasteiger partial charge on any atom is -0.352 e. The number of primary amides is 1. The Morgan fingerprint density at radius 2 is 1.90 bits per heavy atom. The molecule has 1 aliphatic carbocycles. The summed E-state index contributed by atoms with van der Waals surface area (Å²) in [5, 5.41) is 2.65. The number of rotatable bonds is 4. The van der Waals surface area contributed by atoms with Crippen LogP contribution in [0, 0.1) is 17.8 Å². The molecule has 1 saturated carbocycles. The molecule has 120 valence electrons. The number of carbonyl (C=O) groups is 2.